The molecule has 0 spiro atoms. The molecule has 184 valence electrons. The zero-order valence-corrected chi connectivity index (χ0v) is 21.4. The van der Waals surface area contributed by atoms with Crippen molar-refractivity contribution in [2.75, 3.05) is 17.9 Å². The molecule has 0 bridgehead atoms. The molecule has 2 aromatic heterocycles. The van der Waals surface area contributed by atoms with Crippen LogP contribution in [-0.2, 0) is 4.79 Å². The second-order valence-electron chi connectivity index (χ2n) is 8.47. The number of para-hydroxylation sites is 1. The highest BCUT2D eigenvalue weighted by Gasteiger charge is 2.20. The minimum atomic E-state index is -0.218. The number of carbonyl (C=O) groups is 1. The highest BCUT2D eigenvalue weighted by molar-refractivity contribution is 7.99. The van der Waals surface area contributed by atoms with Crippen molar-refractivity contribution >= 4 is 44.9 Å². The molecule has 7 nitrogen and oxygen atoms in total. The molecule has 9 heteroatoms. The summed E-state index contributed by atoms with van der Waals surface area (Å²) in [5.41, 5.74) is 4.13. The number of benzene rings is 3. The number of hydrogen-bond donors (Lipinski definition) is 1. The molecule has 1 amide bonds. The van der Waals surface area contributed by atoms with Gasteiger partial charge in [-0.15, -0.1) is 11.3 Å². The number of aromatic nitrogens is 2. The average Bonchev–Trinajstić information content (AvgIpc) is 3.55. The fourth-order valence-electron chi connectivity index (χ4n) is 4.12. The van der Waals surface area contributed by atoms with Crippen molar-refractivity contribution in [2.45, 2.75) is 12.1 Å². The Hall–Kier alpha value is -4.08. The third-order valence-corrected chi connectivity index (χ3v) is 7.75. The van der Waals surface area contributed by atoms with Crippen LogP contribution in [0, 0.1) is 6.92 Å². The van der Waals surface area contributed by atoms with E-state index in [1.165, 1.54) is 23.1 Å². The SMILES string of the molecule is Cc1ccc(-c2csc3nc(SCC(=O)Nc4ccc5c(c4)OCO5)n(-c4ccccc4)c(=O)c23)cc1. The van der Waals surface area contributed by atoms with Crippen LogP contribution in [0.5, 0.6) is 11.5 Å². The van der Waals surface area contributed by atoms with Gasteiger partial charge in [-0.25, -0.2) is 4.98 Å². The van der Waals surface area contributed by atoms with Crippen LogP contribution < -0.4 is 20.3 Å². The second kappa shape index (κ2) is 9.76. The number of aryl methyl sites for hydroxylation is 1. The van der Waals surface area contributed by atoms with Gasteiger partial charge in [0.25, 0.3) is 5.56 Å². The van der Waals surface area contributed by atoms with Crippen LogP contribution in [0.25, 0.3) is 27.0 Å². The van der Waals surface area contributed by atoms with E-state index in [1.54, 1.807) is 22.8 Å². The lowest BCUT2D eigenvalue weighted by Crippen LogP contribution is -2.22. The number of nitrogens with one attached hydrogen (secondary N) is 1. The highest BCUT2D eigenvalue weighted by Crippen LogP contribution is 2.35. The van der Waals surface area contributed by atoms with Gasteiger partial charge in [-0.3, -0.25) is 14.2 Å². The van der Waals surface area contributed by atoms with E-state index in [-0.39, 0.29) is 24.0 Å². The average molecular weight is 528 g/mol. The van der Waals surface area contributed by atoms with Gasteiger partial charge in [-0.05, 0) is 36.8 Å². The third kappa shape index (κ3) is 4.59. The quantitative estimate of drug-likeness (QED) is 0.219. The Morgan fingerprint density at radius 2 is 1.84 bits per heavy atom. The number of anilines is 1. The van der Waals surface area contributed by atoms with E-state index < -0.39 is 0 Å². The number of ether oxygens (including phenoxy) is 2. The van der Waals surface area contributed by atoms with Gasteiger partial charge in [0.1, 0.15) is 4.83 Å². The highest BCUT2D eigenvalue weighted by atomic mass is 32.2. The molecule has 0 saturated carbocycles. The number of rotatable bonds is 6. The first-order valence-corrected chi connectivity index (χ1v) is 13.4. The maximum Gasteiger partial charge on any atom is 0.268 e. The number of thioether (sulfide) groups is 1. The predicted molar refractivity (Wildman–Crippen MR) is 147 cm³/mol. The summed E-state index contributed by atoms with van der Waals surface area (Å²) >= 11 is 2.65. The van der Waals surface area contributed by atoms with E-state index in [1.807, 2.05) is 66.9 Å². The standard InChI is InChI=1S/C28H21N3O4S2/c1-17-7-9-18(10-8-17)21-14-36-26-25(21)27(33)31(20-5-3-2-4-6-20)28(30-26)37-15-24(32)29-19-11-12-22-23(13-19)35-16-34-22/h2-14H,15-16H2,1H3,(H,29,32). The Bertz CT molecular complexity index is 1680. The van der Waals surface area contributed by atoms with Gasteiger partial charge in [0.15, 0.2) is 16.7 Å². The van der Waals surface area contributed by atoms with Crippen LogP contribution in [0.1, 0.15) is 5.56 Å². The summed E-state index contributed by atoms with van der Waals surface area (Å²) in [5, 5.41) is 5.88. The van der Waals surface area contributed by atoms with Crippen LogP contribution in [0.4, 0.5) is 5.69 Å². The van der Waals surface area contributed by atoms with E-state index in [9.17, 15) is 9.59 Å². The fourth-order valence-corrected chi connectivity index (χ4v) is 5.92. The van der Waals surface area contributed by atoms with E-state index in [0.29, 0.717) is 38.2 Å². The lowest BCUT2D eigenvalue weighted by molar-refractivity contribution is -0.113. The summed E-state index contributed by atoms with van der Waals surface area (Å²) in [6, 6.07) is 22.7. The number of hydrogen-bond acceptors (Lipinski definition) is 7. The van der Waals surface area contributed by atoms with E-state index in [2.05, 4.69) is 5.32 Å². The molecule has 0 unspecified atom stereocenters. The summed E-state index contributed by atoms with van der Waals surface area (Å²) in [6.07, 6.45) is 0. The third-order valence-electron chi connectivity index (χ3n) is 5.94. The number of carbonyl (C=O) groups excluding carboxylic acids is 1. The summed E-state index contributed by atoms with van der Waals surface area (Å²) in [6.45, 7) is 2.20. The van der Waals surface area contributed by atoms with Crippen molar-refractivity contribution in [3.8, 4) is 28.3 Å². The van der Waals surface area contributed by atoms with E-state index >= 15 is 0 Å². The van der Waals surface area contributed by atoms with Crippen LogP contribution in [0.2, 0.25) is 0 Å². The molecule has 0 fully saturated rings. The van der Waals surface area contributed by atoms with Crippen LogP contribution >= 0.6 is 23.1 Å². The normalized spacial score (nSPS) is 12.1. The molecule has 0 radical (unpaired) electrons. The molecule has 3 heterocycles. The Labute approximate surface area is 220 Å². The molecule has 1 N–H and O–H groups in total. The van der Waals surface area contributed by atoms with Crippen molar-refractivity contribution in [2.24, 2.45) is 0 Å². The van der Waals surface area contributed by atoms with E-state index in [4.69, 9.17) is 14.5 Å². The zero-order chi connectivity index (χ0) is 25.4. The Kier molecular flexibility index (Phi) is 6.15. The first kappa shape index (κ1) is 23.3. The van der Waals surface area contributed by atoms with Crippen molar-refractivity contribution in [3.63, 3.8) is 0 Å². The van der Waals surface area contributed by atoms with E-state index in [0.717, 1.165) is 16.7 Å². The molecule has 37 heavy (non-hydrogen) atoms. The zero-order valence-electron chi connectivity index (χ0n) is 19.8. The largest absolute Gasteiger partial charge is 0.454 e. The van der Waals surface area contributed by atoms with Crippen LogP contribution in [0.15, 0.2) is 88.1 Å². The topological polar surface area (TPSA) is 82.4 Å². The van der Waals surface area contributed by atoms with Gasteiger partial charge in [-0.2, -0.15) is 0 Å². The maximum absolute atomic E-state index is 13.9. The Morgan fingerprint density at radius 1 is 1.05 bits per heavy atom. The molecule has 1 aliphatic rings. The maximum atomic E-state index is 13.9. The minimum absolute atomic E-state index is 0.0788. The first-order valence-electron chi connectivity index (χ1n) is 11.6. The van der Waals surface area contributed by atoms with Gasteiger partial charge in [-0.1, -0.05) is 59.8 Å². The molecule has 0 atom stereocenters. The second-order valence-corrected chi connectivity index (χ2v) is 10.3. The summed E-state index contributed by atoms with van der Waals surface area (Å²) in [7, 11) is 0. The summed E-state index contributed by atoms with van der Waals surface area (Å²) in [5.74, 6) is 1.11. The van der Waals surface area contributed by atoms with Gasteiger partial charge < -0.3 is 14.8 Å². The summed E-state index contributed by atoms with van der Waals surface area (Å²) in [4.78, 5) is 32.2. The number of thiophene rings is 1. The van der Waals surface area contributed by atoms with Gasteiger partial charge >= 0.3 is 0 Å². The van der Waals surface area contributed by atoms with Crippen LogP contribution in [0.3, 0.4) is 0 Å². The number of nitrogens with zero attached hydrogens (tertiary/aromatic N) is 2. The molecular formula is C28H21N3O4S2. The summed E-state index contributed by atoms with van der Waals surface area (Å²) < 4.78 is 12.3. The predicted octanol–water partition coefficient (Wildman–Crippen LogP) is 5.88. The lowest BCUT2D eigenvalue weighted by Gasteiger charge is -2.13. The molecule has 0 aliphatic carbocycles. The lowest BCUT2D eigenvalue weighted by atomic mass is 10.1. The number of fused-ring (bicyclic) bond motifs is 2. The molecule has 3 aromatic carbocycles. The van der Waals surface area contributed by atoms with Crippen molar-refractivity contribution in [1.29, 1.82) is 0 Å². The van der Waals surface area contributed by atoms with Gasteiger partial charge in [0.05, 0.1) is 16.8 Å². The fraction of sp³-hybridized carbons (Fsp3) is 0.107. The molecule has 6 rings (SSSR count). The minimum Gasteiger partial charge on any atom is -0.454 e. The van der Waals surface area contributed by atoms with Crippen molar-refractivity contribution in [1.82, 2.24) is 9.55 Å². The molecule has 0 saturated heterocycles. The Morgan fingerprint density at radius 3 is 2.65 bits per heavy atom. The number of amides is 1. The smallest absolute Gasteiger partial charge is 0.268 e. The van der Waals surface area contributed by atoms with Crippen molar-refractivity contribution in [3.05, 3.63) is 94.1 Å². The molecule has 1 aliphatic heterocycles. The molecular weight excluding hydrogens is 506 g/mol. The van der Waals surface area contributed by atoms with Crippen LogP contribution in [-0.4, -0.2) is 28.0 Å². The van der Waals surface area contributed by atoms with Gasteiger partial charge in [0.2, 0.25) is 12.7 Å². The monoisotopic (exact) mass is 527 g/mol. The first-order chi connectivity index (χ1) is 18.1. The molecule has 5 aromatic rings. The van der Waals surface area contributed by atoms with Gasteiger partial charge in [0, 0.05) is 22.7 Å². The Balaban J connectivity index is 1.34. The van der Waals surface area contributed by atoms with Crippen molar-refractivity contribution < 1.29 is 14.3 Å².